The van der Waals surface area contributed by atoms with Gasteiger partial charge in [0, 0.05) is 30.3 Å². The van der Waals surface area contributed by atoms with Crippen molar-refractivity contribution in [2.45, 2.75) is 26.7 Å². The van der Waals surface area contributed by atoms with Gasteiger partial charge in [-0.05, 0) is 48.6 Å². The van der Waals surface area contributed by atoms with Crippen molar-refractivity contribution in [3.63, 3.8) is 0 Å². The van der Waals surface area contributed by atoms with E-state index in [0.29, 0.717) is 23.4 Å². The first-order valence-corrected chi connectivity index (χ1v) is 8.71. The summed E-state index contributed by atoms with van der Waals surface area (Å²) in [7, 11) is 0. The topological polar surface area (TPSA) is 91.1 Å². The number of carbonyl (C=O) groups is 2. The Kier molecular flexibility index (Phi) is 5.35. The number of hydrogen-bond donors (Lipinski definition) is 3. The number of nitrogens with one attached hydrogen (secondary N) is 3. The number of fused-ring (bicyclic) bond motifs is 1. The fourth-order valence-corrected chi connectivity index (χ4v) is 2.96. The van der Waals surface area contributed by atoms with Gasteiger partial charge in [-0.3, -0.25) is 14.4 Å². The number of hydrogen-bond acceptors (Lipinski definition) is 3. The Morgan fingerprint density at radius 2 is 1.70 bits per heavy atom. The van der Waals surface area contributed by atoms with E-state index in [2.05, 4.69) is 15.6 Å². The van der Waals surface area contributed by atoms with Crippen molar-refractivity contribution in [3.8, 4) is 0 Å². The summed E-state index contributed by atoms with van der Waals surface area (Å²) in [6.45, 7) is 3.37. The Balaban J connectivity index is 1.67. The fraction of sp³-hybridized carbons (Fsp3) is 0.190. The highest BCUT2D eigenvalue weighted by Crippen LogP contribution is 2.17. The minimum absolute atomic E-state index is 0.169. The van der Waals surface area contributed by atoms with Crippen LogP contribution >= 0.6 is 0 Å². The molecule has 0 bridgehead atoms. The largest absolute Gasteiger partial charge is 0.326 e. The lowest BCUT2D eigenvalue weighted by Gasteiger charge is -2.08. The van der Waals surface area contributed by atoms with Crippen molar-refractivity contribution in [3.05, 3.63) is 70.0 Å². The smallest absolute Gasteiger partial charge is 0.251 e. The molecule has 0 atom stereocenters. The van der Waals surface area contributed by atoms with Crippen molar-refractivity contribution in [2.24, 2.45) is 0 Å². The van der Waals surface area contributed by atoms with Gasteiger partial charge in [0.05, 0.1) is 5.52 Å². The number of para-hydroxylation sites is 1. The molecular formula is C21H21N3O3. The van der Waals surface area contributed by atoms with Crippen molar-refractivity contribution >= 4 is 34.1 Å². The quantitative estimate of drug-likeness (QED) is 0.649. The average Bonchev–Trinajstić information content (AvgIpc) is 2.60. The zero-order valence-electron chi connectivity index (χ0n) is 15.3. The summed E-state index contributed by atoms with van der Waals surface area (Å²) >= 11 is 0. The Morgan fingerprint density at radius 3 is 2.44 bits per heavy atom. The second kappa shape index (κ2) is 7.86. The molecule has 27 heavy (non-hydrogen) atoms. The van der Waals surface area contributed by atoms with E-state index in [1.54, 1.807) is 24.3 Å². The zero-order chi connectivity index (χ0) is 19.4. The van der Waals surface area contributed by atoms with Crippen LogP contribution in [0.5, 0.6) is 0 Å². The van der Waals surface area contributed by atoms with E-state index in [0.717, 1.165) is 16.5 Å². The van der Waals surface area contributed by atoms with E-state index >= 15 is 0 Å². The van der Waals surface area contributed by atoms with Crippen LogP contribution < -0.4 is 16.2 Å². The number of rotatable bonds is 5. The predicted octanol–water partition coefficient (Wildman–Crippen LogP) is 3.37. The minimum atomic E-state index is -0.196. The van der Waals surface area contributed by atoms with Gasteiger partial charge in [-0.2, -0.15) is 0 Å². The number of aromatic nitrogens is 1. The van der Waals surface area contributed by atoms with Crippen LogP contribution in [0.25, 0.3) is 10.9 Å². The molecule has 0 radical (unpaired) electrons. The molecule has 1 heterocycles. The summed E-state index contributed by atoms with van der Waals surface area (Å²) < 4.78 is 0. The van der Waals surface area contributed by atoms with Crippen molar-refractivity contribution in [1.29, 1.82) is 0 Å². The monoisotopic (exact) mass is 363 g/mol. The number of benzene rings is 2. The summed E-state index contributed by atoms with van der Waals surface area (Å²) in [6, 6.07) is 14.6. The zero-order valence-corrected chi connectivity index (χ0v) is 15.3. The molecule has 0 fully saturated rings. The molecule has 0 aliphatic heterocycles. The number of carbonyl (C=O) groups excluding carboxylic acids is 2. The van der Waals surface area contributed by atoms with Gasteiger partial charge in [0.1, 0.15) is 0 Å². The number of anilines is 2. The molecule has 0 aliphatic carbocycles. The third kappa shape index (κ3) is 4.61. The van der Waals surface area contributed by atoms with Crippen LogP contribution in [0, 0.1) is 6.92 Å². The molecule has 6 nitrogen and oxygen atoms in total. The third-order valence-electron chi connectivity index (χ3n) is 4.25. The first-order valence-electron chi connectivity index (χ1n) is 8.71. The number of aryl methyl sites for hydroxylation is 2. The SMILES string of the molecule is CC(=O)Nc1cccc(NC(=O)CCc2cc3cccc(C)c3[nH]c2=O)c1. The van der Waals surface area contributed by atoms with Crippen LogP contribution in [0.4, 0.5) is 11.4 Å². The summed E-state index contributed by atoms with van der Waals surface area (Å²) in [5.74, 6) is -0.372. The molecule has 0 spiro atoms. The first-order chi connectivity index (χ1) is 12.9. The van der Waals surface area contributed by atoms with Gasteiger partial charge < -0.3 is 15.6 Å². The van der Waals surface area contributed by atoms with E-state index in [1.807, 2.05) is 31.2 Å². The molecule has 0 aliphatic rings. The molecule has 0 saturated carbocycles. The molecule has 3 aromatic rings. The van der Waals surface area contributed by atoms with Crippen LogP contribution in [-0.4, -0.2) is 16.8 Å². The highest BCUT2D eigenvalue weighted by atomic mass is 16.2. The predicted molar refractivity (Wildman–Crippen MR) is 107 cm³/mol. The Hall–Kier alpha value is -3.41. The van der Waals surface area contributed by atoms with Crippen molar-refractivity contribution in [1.82, 2.24) is 4.98 Å². The second-order valence-electron chi connectivity index (χ2n) is 6.47. The standard InChI is InChI=1S/C21H21N3O3/c1-13-5-3-6-15-11-16(21(27)24-20(13)15)9-10-19(26)23-18-8-4-7-17(12-18)22-14(2)25/h3-8,11-12H,9-10H2,1-2H3,(H,22,25)(H,23,26)(H,24,27). The highest BCUT2D eigenvalue weighted by Gasteiger charge is 2.09. The number of H-pyrrole nitrogens is 1. The van der Waals surface area contributed by atoms with E-state index in [4.69, 9.17) is 0 Å². The van der Waals surface area contributed by atoms with Crippen LogP contribution in [0.15, 0.2) is 53.3 Å². The van der Waals surface area contributed by atoms with Crippen LogP contribution in [0.2, 0.25) is 0 Å². The van der Waals surface area contributed by atoms with Gasteiger partial charge in [-0.1, -0.05) is 24.3 Å². The molecule has 3 rings (SSSR count). The molecule has 0 unspecified atom stereocenters. The van der Waals surface area contributed by atoms with Gasteiger partial charge >= 0.3 is 0 Å². The van der Waals surface area contributed by atoms with Crippen LogP contribution in [0.1, 0.15) is 24.5 Å². The number of amides is 2. The molecule has 3 N–H and O–H groups in total. The molecule has 138 valence electrons. The molecule has 2 aromatic carbocycles. The lowest BCUT2D eigenvalue weighted by Crippen LogP contribution is -2.17. The summed E-state index contributed by atoms with van der Waals surface area (Å²) in [4.78, 5) is 38.5. The minimum Gasteiger partial charge on any atom is -0.326 e. The number of aromatic amines is 1. The molecule has 2 amide bonds. The van der Waals surface area contributed by atoms with E-state index < -0.39 is 0 Å². The highest BCUT2D eigenvalue weighted by molar-refractivity contribution is 5.93. The number of pyridine rings is 1. The maximum atomic E-state index is 12.3. The van der Waals surface area contributed by atoms with Gasteiger partial charge in [0.25, 0.3) is 5.56 Å². The lowest BCUT2D eigenvalue weighted by molar-refractivity contribution is -0.116. The molecule has 1 aromatic heterocycles. The normalized spacial score (nSPS) is 10.6. The fourth-order valence-electron chi connectivity index (χ4n) is 2.96. The average molecular weight is 363 g/mol. The van der Waals surface area contributed by atoms with Crippen molar-refractivity contribution in [2.75, 3.05) is 10.6 Å². The van der Waals surface area contributed by atoms with Gasteiger partial charge in [0.15, 0.2) is 0 Å². The third-order valence-corrected chi connectivity index (χ3v) is 4.25. The molecule has 6 heteroatoms. The Bertz CT molecular complexity index is 1070. The van der Waals surface area contributed by atoms with Crippen molar-refractivity contribution < 1.29 is 9.59 Å². The molecular weight excluding hydrogens is 342 g/mol. The summed E-state index contributed by atoms with van der Waals surface area (Å²) in [5.41, 5.74) is 3.45. The summed E-state index contributed by atoms with van der Waals surface area (Å²) in [6.07, 6.45) is 0.529. The Morgan fingerprint density at radius 1 is 1.00 bits per heavy atom. The summed E-state index contributed by atoms with van der Waals surface area (Å²) in [5, 5.41) is 6.41. The van der Waals surface area contributed by atoms with Crippen LogP contribution in [-0.2, 0) is 16.0 Å². The van der Waals surface area contributed by atoms with Gasteiger partial charge in [-0.15, -0.1) is 0 Å². The van der Waals surface area contributed by atoms with E-state index in [1.165, 1.54) is 6.92 Å². The lowest BCUT2D eigenvalue weighted by atomic mass is 10.1. The second-order valence-corrected chi connectivity index (χ2v) is 6.47. The van der Waals surface area contributed by atoms with E-state index in [9.17, 15) is 14.4 Å². The Labute approximate surface area is 156 Å². The first kappa shape index (κ1) is 18.4. The maximum Gasteiger partial charge on any atom is 0.251 e. The molecule has 0 saturated heterocycles. The van der Waals surface area contributed by atoms with E-state index in [-0.39, 0.29) is 23.8 Å². The van der Waals surface area contributed by atoms with Gasteiger partial charge in [0.2, 0.25) is 11.8 Å². The van der Waals surface area contributed by atoms with Gasteiger partial charge in [-0.25, -0.2) is 0 Å². The maximum absolute atomic E-state index is 12.3. The van der Waals surface area contributed by atoms with Crippen LogP contribution in [0.3, 0.4) is 0 Å².